The zero-order valence-electron chi connectivity index (χ0n) is 36.4. The Morgan fingerprint density at radius 2 is 1.00 bits per heavy atom. The number of hydrogen-bond acceptors (Lipinski definition) is 4. The lowest BCUT2D eigenvalue weighted by molar-refractivity contribution is 0.665. The van der Waals surface area contributed by atoms with Gasteiger partial charge in [0.25, 0.3) is 0 Å². The third-order valence-electron chi connectivity index (χ3n) is 14.1. The molecule has 0 amide bonds. The molecule has 1 atom stereocenters. The van der Waals surface area contributed by atoms with E-state index in [1.807, 2.05) is 6.07 Å². The molecule has 67 heavy (non-hydrogen) atoms. The Morgan fingerprint density at radius 3 is 1.87 bits per heavy atom. The van der Waals surface area contributed by atoms with Gasteiger partial charge in [-0.25, -0.2) is 15.0 Å². The van der Waals surface area contributed by atoms with E-state index >= 15 is 0 Å². The minimum atomic E-state index is 0.00725. The second kappa shape index (κ2) is 14.9. The number of hydrogen-bond donors (Lipinski definition) is 0. The normalized spacial score (nSPS) is 13.7. The average Bonchev–Trinajstić information content (AvgIpc) is 3.88. The second-order valence-corrected chi connectivity index (χ2v) is 17.8. The molecular formula is C62H40N4O. The highest BCUT2D eigenvalue weighted by Crippen LogP contribution is 2.47. The van der Waals surface area contributed by atoms with Crippen LogP contribution >= 0.6 is 0 Å². The lowest BCUT2D eigenvalue weighted by atomic mass is 9.82. The average molecular weight is 857 g/mol. The number of furan rings is 1. The maximum absolute atomic E-state index is 6.71. The van der Waals surface area contributed by atoms with Crippen molar-refractivity contribution in [1.29, 1.82) is 0 Å². The van der Waals surface area contributed by atoms with Crippen molar-refractivity contribution < 1.29 is 4.42 Å². The number of aryl methyl sites for hydroxylation is 1. The van der Waals surface area contributed by atoms with E-state index in [1.54, 1.807) is 0 Å². The van der Waals surface area contributed by atoms with Crippen LogP contribution in [-0.2, 0) is 6.42 Å². The van der Waals surface area contributed by atoms with E-state index in [0.717, 1.165) is 95.3 Å². The fourth-order valence-corrected chi connectivity index (χ4v) is 11.1. The molecule has 0 radical (unpaired) electrons. The summed E-state index contributed by atoms with van der Waals surface area (Å²) in [6.45, 7) is 0. The van der Waals surface area contributed by atoms with Gasteiger partial charge in [-0.05, 0) is 111 Å². The number of rotatable bonds is 5. The van der Waals surface area contributed by atoms with Gasteiger partial charge in [-0.15, -0.1) is 0 Å². The molecule has 5 nitrogen and oxygen atoms in total. The van der Waals surface area contributed by atoms with Gasteiger partial charge in [0.1, 0.15) is 11.2 Å². The molecule has 1 aliphatic rings. The van der Waals surface area contributed by atoms with Crippen molar-refractivity contribution in [3.8, 4) is 51.0 Å². The Kier molecular flexibility index (Phi) is 8.40. The Morgan fingerprint density at radius 1 is 0.388 bits per heavy atom. The maximum atomic E-state index is 6.71. The first-order chi connectivity index (χ1) is 33.2. The number of nitrogens with zero attached hydrogens (tertiary/aromatic N) is 4. The molecule has 0 saturated carbocycles. The Hall–Kier alpha value is -8.67. The van der Waals surface area contributed by atoms with Gasteiger partial charge >= 0.3 is 0 Å². The van der Waals surface area contributed by atoms with Crippen LogP contribution in [0.5, 0.6) is 0 Å². The van der Waals surface area contributed by atoms with Crippen molar-refractivity contribution in [3.05, 3.63) is 229 Å². The van der Waals surface area contributed by atoms with Gasteiger partial charge in [-0.2, -0.15) is 0 Å². The summed E-state index contributed by atoms with van der Waals surface area (Å²) in [5.41, 5.74) is 14.3. The first-order valence-electron chi connectivity index (χ1n) is 23.1. The molecule has 314 valence electrons. The van der Waals surface area contributed by atoms with Gasteiger partial charge in [0.15, 0.2) is 17.5 Å². The van der Waals surface area contributed by atoms with Crippen LogP contribution in [0.25, 0.3) is 116 Å². The minimum absolute atomic E-state index is 0.00725. The molecule has 14 rings (SSSR count). The number of aromatic nitrogens is 4. The van der Waals surface area contributed by atoms with Crippen molar-refractivity contribution in [2.75, 3.05) is 0 Å². The molecule has 13 aromatic rings. The molecule has 0 aliphatic heterocycles. The summed E-state index contributed by atoms with van der Waals surface area (Å²) < 4.78 is 9.06. The van der Waals surface area contributed by atoms with Crippen LogP contribution in [0.1, 0.15) is 29.0 Å². The van der Waals surface area contributed by atoms with Crippen LogP contribution in [0.3, 0.4) is 0 Å². The van der Waals surface area contributed by atoms with E-state index < -0.39 is 0 Å². The van der Waals surface area contributed by atoms with Gasteiger partial charge in [0.05, 0.1) is 11.0 Å². The highest BCUT2D eigenvalue weighted by atomic mass is 16.3. The smallest absolute Gasteiger partial charge is 0.164 e. The fraction of sp³-hybridized carbons (Fsp3) is 0.0484. The summed E-state index contributed by atoms with van der Waals surface area (Å²) in [5.74, 6) is 1.89. The van der Waals surface area contributed by atoms with Gasteiger partial charge < -0.3 is 8.98 Å². The van der Waals surface area contributed by atoms with Crippen LogP contribution in [0.15, 0.2) is 217 Å². The number of benzene rings is 10. The molecule has 10 aromatic carbocycles. The molecule has 0 saturated heterocycles. The quantitative estimate of drug-likeness (QED) is 0.173. The fourth-order valence-electron chi connectivity index (χ4n) is 11.1. The predicted octanol–water partition coefficient (Wildman–Crippen LogP) is 15.9. The lowest BCUT2D eigenvalue weighted by Crippen LogP contribution is -2.07. The zero-order valence-corrected chi connectivity index (χ0v) is 36.4. The van der Waals surface area contributed by atoms with Gasteiger partial charge in [0, 0.05) is 49.8 Å². The minimum Gasteiger partial charge on any atom is -0.456 e. The van der Waals surface area contributed by atoms with E-state index in [0.29, 0.717) is 17.5 Å². The van der Waals surface area contributed by atoms with Crippen molar-refractivity contribution in [1.82, 2.24) is 19.5 Å². The second-order valence-electron chi connectivity index (χ2n) is 17.8. The SMILES string of the molecule is c1ccc(-n2c3ccccc3c3c(-c4nc(-c5cc6c(cc5C5CCc7cc8ccccc8cc7-c7ccccc75)oc5ccccc56)nc(-c5cccc6ccccc56)n4)cccc32)cc1. The topological polar surface area (TPSA) is 56.7 Å². The van der Waals surface area contributed by atoms with E-state index in [-0.39, 0.29) is 5.92 Å². The third-order valence-corrected chi connectivity index (χ3v) is 14.1. The number of para-hydroxylation sites is 3. The molecule has 0 fully saturated rings. The third kappa shape index (κ3) is 5.98. The van der Waals surface area contributed by atoms with Crippen LogP contribution in [-0.4, -0.2) is 19.5 Å². The van der Waals surface area contributed by atoms with E-state index in [2.05, 4.69) is 211 Å². The van der Waals surface area contributed by atoms with Gasteiger partial charge in [-0.3, -0.25) is 0 Å². The zero-order chi connectivity index (χ0) is 44.0. The monoisotopic (exact) mass is 856 g/mol. The highest BCUT2D eigenvalue weighted by molar-refractivity contribution is 6.15. The Bertz CT molecular complexity index is 4120. The molecule has 0 N–H and O–H groups in total. The standard InChI is InChI=1S/C62H40N4O/c1-2-20-42(21-3-1)66-55-29-12-10-26-49(55)59-50(28-15-30-56(59)66)61-63-60(48-27-14-19-38-16-6-7-22-43(38)48)64-62(65-61)54-36-53-47-25-11-13-31-57(47)67-58(53)37-52(54)46-33-32-41-34-39-17-4-5-18-40(39)35-51(41)45-24-9-8-23-44(45)46/h1-31,34-37,46H,32-33H2. The van der Waals surface area contributed by atoms with E-state index in [9.17, 15) is 0 Å². The summed E-state index contributed by atoms with van der Waals surface area (Å²) >= 11 is 0. The lowest BCUT2D eigenvalue weighted by Gasteiger charge is -2.22. The van der Waals surface area contributed by atoms with Crippen molar-refractivity contribution in [2.24, 2.45) is 0 Å². The van der Waals surface area contributed by atoms with E-state index in [1.165, 1.54) is 33.0 Å². The van der Waals surface area contributed by atoms with Crippen molar-refractivity contribution >= 4 is 65.3 Å². The summed E-state index contributed by atoms with van der Waals surface area (Å²) in [5, 5.41) is 9.07. The summed E-state index contributed by atoms with van der Waals surface area (Å²) in [6, 6.07) is 76.1. The Labute approximate surface area is 386 Å². The molecule has 0 spiro atoms. The molecule has 3 aromatic heterocycles. The molecule has 1 unspecified atom stereocenters. The molecular weight excluding hydrogens is 817 g/mol. The summed E-state index contributed by atoms with van der Waals surface area (Å²) in [4.78, 5) is 16.7. The molecule has 0 bridgehead atoms. The van der Waals surface area contributed by atoms with Crippen LogP contribution in [0, 0.1) is 0 Å². The summed E-state index contributed by atoms with van der Waals surface area (Å²) in [6.07, 6.45) is 1.81. The van der Waals surface area contributed by atoms with Crippen molar-refractivity contribution in [3.63, 3.8) is 0 Å². The largest absolute Gasteiger partial charge is 0.456 e. The Balaban J connectivity index is 1.06. The van der Waals surface area contributed by atoms with Crippen molar-refractivity contribution in [2.45, 2.75) is 18.8 Å². The van der Waals surface area contributed by atoms with E-state index in [4.69, 9.17) is 19.4 Å². The maximum Gasteiger partial charge on any atom is 0.164 e. The number of fused-ring (bicyclic) bond motifs is 11. The van der Waals surface area contributed by atoms with Crippen LogP contribution in [0.2, 0.25) is 0 Å². The van der Waals surface area contributed by atoms with Crippen LogP contribution < -0.4 is 0 Å². The molecule has 3 heterocycles. The highest BCUT2D eigenvalue weighted by Gasteiger charge is 2.29. The molecule has 1 aliphatic carbocycles. The van der Waals surface area contributed by atoms with Crippen LogP contribution in [0.4, 0.5) is 0 Å². The predicted molar refractivity (Wildman–Crippen MR) is 275 cm³/mol. The first kappa shape index (κ1) is 37.7. The first-order valence-corrected chi connectivity index (χ1v) is 23.1. The summed E-state index contributed by atoms with van der Waals surface area (Å²) in [7, 11) is 0. The van der Waals surface area contributed by atoms with Gasteiger partial charge in [0.2, 0.25) is 0 Å². The molecule has 5 heteroatoms. The van der Waals surface area contributed by atoms with Gasteiger partial charge in [-0.1, -0.05) is 164 Å².